The Bertz CT molecular complexity index is 1260. The molecule has 5 heteroatoms. The molecule has 0 aliphatic carbocycles. The molecule has 0 unspecified atom stereocenters. The van der Waals surface area contributed by atoms with Crippen molar-refractivity contribution >= 4 is 17.0 Å². The number of imidazole rings is 1. The van der Waals surface area contributed by atoms with Gasteiger partial charge in [0.2, 0.25) is 0 Å². The van der Waals surface area contributed by atoms with Crippen molar-refractivity contribution in [1.29, 1.82) is 0 Å². The summed E-state index contributed by atoms with van der Waals surface area (Å²) < 4.78 is 7.94. The number of benzene rings is 3. The summed E-state index contributed by atoms with van der Waals surface area (Å²) in [5, 5.41) is 9.50. The van der Waals surface area contributed by atoms with Crippen molar-refractivity contribution in [2.45, 2.75) is 39.7 Å². The van der Waals surface area contributed by atoms with Gasteiger partial charge in [0.15, 0.2) is 0 Å². The minimum absolute atomic E-state index is 0.308. The van der Waals surface area contributed by atoms with E-state index in [1.807, 2.05) is 30.3 Å². The molecule has 1 heterocycles. The number of methoxy groups -OCH3 is 1. The highest BCUT2D eigenvalue weighted by molar-refractivity contribution is 5.96. The number of rotatable bonds is 8. The summed E-state index contributed by atoms with van der Waals surface area (Å²) in [6.45, 7) is 4.94. The van der Waals surface area contributed by atoms with Crippen LogP contribution in [0.1, 0.15) is 47.1 Å². The number of fused-ring (bicyclic) bond motifs is 1. The van der Waals surface area contributed by atoms with Crippen LogP contribution in [0.5, 0.6) is 5.75 Å². The molecular weight excluding hydrogens is 400 g/mol. The fourth-order valence-electron chi connectivity index (χ4n) is 4.14. The number of nitrogens with zero attached hydrogens (tertiary/aromatic N) is 2. The Morgan fingerprint density at radius 2 is 1.81 bits per heavy atom. The molecule has 5 nitrogen and oxygen atoms in total. The first kappa shape index (κ1) is 21.6. The molecule has 164 valence electrons. The molecule has 1 N–H and O–H groups in total. The Kier molecular flexibility index (Phi) is 6.26. The molecule has 0 spiro atoms. The number of carboxylic acid groups (broad SMARTS) is 1. The van der Waals surface area contributed by atoms with Gasteiger partial charge in [-0.1, -0.05) is 61.9 Å². The van der Waals surface area contributed by atoms with E-state index in [0.717, 1.165) is 64.1 Å². The van der Waals surface area contributed by atoms with Gasteiger partial charge in [-0.25, -0.2) is 9.78 Å². The predicted octanol–water partition coefficient (Wildman–Crippen LogP) is 6.11. The number of unbranched alkanes of at least 4 members (excludes halogenated alkanes) is 1. The lowest BCUT2D eigenvalue weighted by molar-refractivity contribution is 0.0697. The van der Waals surface area contributed by atoms with Crippen LogP contribution in [0.4, 0.5) is 0 Å². The van der Waals surface area contributed by atoms with Crippen molar-refractivity contribution in [3.63, 3.8) is 0 Å². The van der Waals surface area contributed by atoms with Crippen LogP contribution in [0.25, 0.3) is 22.2 Å². The van der Waals surface area contributed by atoms with Gasteiger partial charge < -0.3 is 14.4 Å². The third-order valence-corrected chi connectivity index (χ3v) is 5.88. The van der Waals surface area contributed by atoms with E-state index < -0.39 is 5.97 Å². The van der Waals surface area contributed by atoms with E-state index in [9.17, 15) is 9.90 Å². The Balaban J connectivity index is 1.73. The quantitative estimate of drug-likeness (QED) is 0.368. The molecule has 0 saturated heterocycles. The summed E-state index contributed by atoms with van der Waals surface area (Å²) in [7, 11) is 1.70. The third-order valence-electron chi connectivity index (χ3n) is 5.88. The van der Waals surface area contributed by atoms with E-state index in [1.54, 1.807) is 19.2 Å². The summed E-state index contributed by atoms with van der Waals surface area (Å²) in [5.41, 5.74) is 6.20. The molecule has 0 fully saturated rings. The predicted molar refractivity (Wildman–Crippen MR) is 128 cm³/mol. The second-order valence-electron chi connectivity index (χ2n) is 8.05. The van der Waals surface area contributed by atoms with Crippen molar-refractivity contribution in [3.8, 4) is 16.9 Å². The molecule has 0 aliphatic rings. The summed E-state index contributed by atoms with van der Waals surface area (Å²) in [4.78, 5) is 16.6. The Morgan fingerprint density at radius 1 is 1.06 bits per heavy atom. The molecule has 0 aliphatic heterocycles. The van der Waals surface area contributed by atoms with Crippen LogP contribution in [-0.4, -0.2) is 27.7 Å². The smallest absolute Gasteiger partial charge is 0.336 e. The largest absolute Gasteiger partial charge is 0.494 e. The molecule has 4 aromatic rings. The summed E-state index contributed by atoms with van der Waals surface area (Å²) in [6, 6.07) is 19.3. The molecule has 4 rings (SSSR count). The standard InChI is InChI=1S/C27H28N2O3/c1-4-5-10-24-28-25-18(2)11-16-23(32-3)26(25)29(24)17-19-12-14-20(15-13-19)21-8-6-7-9-22(21)27(30)31/h6-9,11-16H,4-5,10,17H2,1-3H3,(H,30,31). The maximum Gasteiger partial charge on any atom is 0.336 e. The van der Waals surface area contributed by atoms with E-state index in [-0.39, 0.29) is 0 Å². The Hall–Kier alpha value is -3.60. The van der Waals surface area contributed by atoms with Gasteiger partial charge in [0, 0.05) is 13.0 Å². The third kappa shape index (κ3) is 4.11. The molecule has 0 bridgehead atoms. The molecule has 32 heavy (non-hydrogen) atoms. The number of hydrogen-bond acceptors (Lipinski definition) is 3. The van der Waals surface area contributed by atoms with Crippen molar-refractivity contribution in [2.75, 3.05) is 7.11 Å². The van der Waals surface area contributed by atoms with E-state index in [2.05, 4.69) is 36.6 Å². The molecule has 0 atom stereocenters. The van der Waals surface area contributed by atoms with Gasteiger partial charge in [0.25, 0.3) is 0 Å². The molecule has 3 aromatic carbocycles. The Morgan fingerprint density at radius 3 is 2.50 bits per heavy atom. The number of hydrogen-bond donors (Lipinski definition) is 1. The van der Waals surface area contributed by atoms with Gasteiger partial charge in [-0.2, -0.15) is 0 Å². The first-order valence-electron chi connectivity index (χ1n) is 11.0. The lowest BCUT2D eigenvalue weighted by atomic mass is 9.98. The lowest BCUT2D eigenvalue weighted by Gasteiger charge is -2.13. The van der Waals surface area contributed by atoms with E-state index in [1.165, 1.54) is 0 Å². The van der Waals surface area contributed by atoms with Gasteiger partial charge in [-0.05, 0) is 47.7 Å². The number of ether oxygens (including phenoxy) is 1. The van der Waals surface area contributed by atoms with Crippen molar-refractivity contribution in [2.24, 2.45) is 0 Å². The van der Waals surface area contributed by atoms with Crippen LogP contribution < -0.4 is 4.74 Å². The van der Waals surface area contributed by atoms with Crippen molar-refractivity contribution in [1.82, 2.24) is 9.55 Å². The van der Waals surface area contributed by atoms with Crippen LogP contribution in [0.15, 0.2) is 60.7 Å². The molecule has 0 radical (unpaired) electrons. The SMILES string of the molecule is CCCCc1nc2c(C)ccc(OC)c2n1Cc1ccc(-c2ccccc2C(=O)O)cc1. The highest BCUT2D eigenvalue weighted by atomic mass is 16.5. The fourth-order valence-corrected chi connectivity index (χ4v) is 4.14. The second kappa shape index (κ2) is 9.27. The average Bonchev–Trinajstić information content (AvgIpc) is 3.17. The van der Waals surface area contributed by atoms with Crippen molar-refractivity contribution < 1.29 is 14.6 Å². The number of carboxylic acids is 1. The minimum Gasteiger partial charge on any atom is -0.494 e. The van der Waals surface area contributed by atoms with Gasteiger partial charge in [0.1, 0.15) is 17.1 Å². The van der Waals surface area contributed by atoms with E-state index >= 15 is 0 Å². The number of aromatic nitrogens is 2. The number of carbonyl (C=O) groups is 1. The number of aryl methyl sites for hydroxylation is 2. The maximum atomic E-state index is 11.6. The van der Waals surface area contributed by atoms with Crippen LogP contribution in [0, 0.1) is 6.92 Å². The van der Waals surface area contributed by atoms with Gasteiger partial charge >= 0.3 is 5.97 Å². The fraction of sp³-hybridized carbons (Fsp3) is 0.259. The molecule has 1 aromatic heterocycles. The maximum absolute atomic E-state index is 11.6. The summed E-state index contributed by atoms with van der Waals surface area (Å²) in [6.07, 6.45) is 3.10. The minimum atomic E-state index is -0.919. The average molecular weight is 429 g/mol. The zero-order valence-corrected chi connectivity index (χ0v) is 18.8. The number of aromatic carboxylic acids is 1. The normalized spacial score (nSPS) is 11.1. The van der Waals surface area contributed by atoms with Crippen LogP contribution in [-0.2, 0) is 13.0 Å². The second-order valence-corrected chi connectivity index (χ2v) is 8.05. The van der Waals surface area contributed by atoms with E-state index in [0.29, 0.717) is 12.1 Å². The van der Waals surface area contributed by atoms with Crippen LogP contribution >= 0.6 is 0 Å². The Labute approximate surface area is 188 Å². The highest BCUT2D eigenvalue weighted by Crippen LogP contribution is 2.31. The summed E-state index contributed by atoms with van der Waals surface area (Å²) >= 11 is 0. The van der Waals surface area contributed by atoms with E-state index in [4.69, 9.17) is 9.72 Å². The van der Waals surface area contributed by atoms with Gasteiger partial charge in [-0.3, -0.25) is 0 Å². The van der Waals surface area contributed by atoms with Gasteiger partial charge in [0.05, 0.1) is 18.2 Å². The zero-order valence-electron chi connectivity index (χ0n) is 18.8. The summed E-state index contributed by atoms with van der Waals surface area (Å²) in [5.74, 6) is 0.972. The highest BCUT2D eigenvalue weighted by Gasteiger charge is 2.17. The monoisotopic (exact) mass is 428 g/mol. The van der Waals surface area contributed by atoms with Crippen molar-refractivity contribution in [3.05, 3.63) is 83.2 Å². The first-order chi connectivity index (χ1) is 15.5. The van der Waals surface area contributed by atoms with Crippen LogP contribution in [0.3, 0.4) is 0 Å². The van der Waals surface area contributed by atoms with Crippen LogP contribution in [0.2, 0.25) is 0 Å². The molecule has 0 saturated carbocycles. The zero-order chi connectivity index (χ0) is 22.7. The topological polar surface area (TPSA) is 64.4 Å². The first-order valence-corrected chi connectivity index (χ1v) is 11.0. The van der Waals surface area contributed by atoms with Gasteiger partial charge in [-0.15, -0.1) is 0 Å². The molecular formula is C27H28N2O3. The lowest BCUT2D eigenvalue weighted by Crippen LogP contribution is -2.06. The molecule has 0 amide bonds.